The van der Waals surface area contributed by atoms with Crippen LogP contribution < -0.4 is 0 Å². The minimum atomic E-state index is -0.897. The SMILES string of the molecule is C#Cc1cccc2c(CC(=O)O)[nH]nc12. The first-order valence-electron chi connectivity index (χ1n) is 4.36. The number of aliphatic carboxylic acids is 1. The molecule has 0 saturated carbocycles. The quantitative estimate of drug-likeness (QED) is 0.715. The zero-order valence-corrected chi connectivity index (χ0v) is 7.82. The van der Waals surface area contributed by atoms with Crippen LogP contribution in [0.5, 0.6) is 0 Å². The van der Waals surface area contributed by atoms with Crippen LogP contribution in [0.4, 0.5) is 0 Å². The maximum Gasteiger partial charge on any atom is 0.309 e. The van der Waals surface area contributed by atoms with Gasteiger partial charge in [-0.2, -0.15) is 5.10 Å². The maximum absolute atomic E-state index is 10.6. The number of carboxylic acid groups (broad SMARTS) is 1. The first-order chi connectivity index (χ1) is 7.22. The van der Waals surface area contributed by atoms with Gasteiger partial charge >= 0.3 is 5.97 Å². The van der Waals surface area contributed by atoms with E-state index in [4.69, 9.17) is 11.5 Å². The van der Waals surface area contributed by atoms with Crippen LogP contribution in [0.1, 0.15) is 11.3 Å². The normalized spacial score (nSPS) is 10.1. The largest absolute Gasteiger partial charge is 0.481 e. The third-order valence-corrected chi connectivity index (χ3v) is 2.15. The number of carbonyl (C=O) groups is 1. The summed E-state index contributed by atoms with van der Waals surface area (Å²) in [5.41, 5.74) is 1.89. The zero-order valence-electron chi connectivity index (χ0n) is 7.82. The highest BCUT2D eigenvalue weighted by Crippen LogP contribution is 2.19. The second-order valence-corrected chi connectivity index (χ2v) is 3.12. The number of aromatic nitrogens is 2. The van der Waals surface area contributed by atoms with Gasteiger partial charge in [0.2, 0.25) is 0 Å². The zero-order chi connectivity index (χ0) is 10.8. The number of nitrogens with one attached hydrogen (secondary N) is 1. The van der Waals surface area contributed by atoms with Gasteiger partial charge in [-0.15, -0.1) is 6.42 Å². The molecule has 2 rings (SSSR count). The summed E-state index contributed by atoms with van der Waals surface area (Å²) in [6, 6.07) is 5.37. The van der Waals surface area contributed by atoms with E-state index in [9.17, 15) is 4.79 Å². The first-order valence-corrected chi connectivity index (χ1v) is 4.36. The third-order valence-electron chi connectivity index (χ3n) is 2.15. The Morgan fingerprint density at radius 3 is 3.07 bits per heavy atom. The first kappa shape index (κ1) is 9.28. The van der Waals surface area contributed by atoms with Gasteiger partial charge in [0, 0.05) is 5.39 Å². The van der Waals surface area contributed by atoms with Gasteiger partial charge in [-0.3, -0.25) is 9.89 Å². The van der Waals surface area contributed by atoms with Crippen molar-refractivity contribution in [3.8, 4) is 12.3 Å². The Balaban J connectivity index is 2.62. The van der Waals surface area contributed by atoms with Crippen LogP contribution in [0.2, 0.25) is 0 Å². The minimum Gasteiger partial charge on any atom is -0.481 e. The molecule has 2 aromatic rings. The van der Waals surface area contributed by atoms with Crippen molar-refractivity contribution in [1.82, 2.24) is 10.2 Å². The molecule has 1 aromatic heterocycles. The van der Waals surface area contributed by atoms with E-state index in [1.807, 2.05) is 0 Å². The van der Waals surface area contributed by atoms with Crippen molar-refractivity contribution >= 4 is 16.9 Å². The molecule has 1 aromatic carbocycles. The summed E-state index contributed by atoms with van der Waals surface area (Å²) in [5.74, 6) is 1.61. The lowest BCUT2D eigenvalue weighted by Gasteiger charge is -1.94. The van der Waals surface area contributed by atoms with Crippen LogP contribution in [-0.2, 0) is 11.2 Å². The Bertz CT molecular complexity index is 563. The van der Waals surface area contributed by atoms with Gasteiger partial charge in [0.05, 0.1) is 17.7 Å². The van der Waals surface area contributed by atoms with Crippen molar-refractivity contribution < 1.29 is 9.90 Å². The van der Waals surface area contributed by atoms with Crippen LogP contribution in [-0.4, -0.2) is 21.3 Å². The highest BCUT2D eigenvalue weighted by atomic mass is 16.4. The van der Waals surface area contributed by atoms with Crippen molar-refractivity contribution in [3.05, 3.63) is 29.5 Å². The highest BCUT2D eigenvalue weighted by molar-refractivity contribution is 5.89. The number of hydrogen-bond donors (Lipinski definition) is 2. The lowest BCUT2D eigenvalue weighted by atomic mass is 10.1. The average Bonchev–Trinajstić information content (AvgIpc) is 2.61. The number of terminal acetylenes is 1. The molecule has 0 fully saturated rings. The summed E-state index contributed by atoms with van der Waals surface area (Å²) in [6.45, 7) is 0. The van der Waals surface area contributed by atoms with Crippen molar-refractivity contribution in [3.63, 3.8) is 0 Å². The van der Waals surface area contributed by atoms with Crippen LogP contribution in [0.3, 0.4) is 0 Å². The molecule has 4 heteroatoms. The molecule has 0 aliphatic carbocycles. The molecular weight excluding hydrogens is 192 g/mol. The van der Waals surface area contributed by atoms with Gasteiger partial charge in [0.25, 0.3) is 0 Å². The summed E-state index contributed by atoms with van der Waals surface area (Å²) < 4.78 is 0. The Morgan fingerprint density at radius 2 is 2.40 bits per heavy atom. The summed E-state index contributed by atoms with van der Waals surface area (Å²) in [6.07, 6.45) is 5.23. The molecule has 2 N–H and O–H groups in total. The smallest absolute Gasteiger partial charge is 0.309 e. The number of rotatable bonds is 2. The van der Waals surface area contributed by atoms with Gasteiger partial charge < -0.3 is 5.11 Å². The van der Waals surface area contributed by atoms with Gasteiger partial charge in [-0.1, -0.05) is 18.1 Å². The highest BCUT2D eigenvalue weighted by Gasteiger charge is 2.10. The second kappa shape index (κ2) is 3.46. The van der Waals surface area contributed by atoms with Crippen LogP contribution >= 0.6 is 0 Å². The Morgan fingerprint density at radius 1 is 1.60 bits per heavy atom. The van der Waals surface area contributed by atoms with Gasteiger partial charge in [0.15, 0.2) is 0 Å². The van der Waals surface area contributed by atoms with E-state index in [1.165, 1.54) is 0 Å². The number of nitrogens with zero attached hydrogens (tertiary/aromatic N) is 1. The minimum absolute atomic E-state index is 0.0788. The third kappa shape index (κ3) is 1.55. The lowest BCUT2D eigenvalue weighted by Crippen LogP contribution is -2.00. The number of fused-ring (bicyclic) bond motifs is 1. The van der Waals surface area contributed by atoms with Gasteiger partial charge in [-0.05, 0) is 6.07 Å². The number of H-pyrrole nitrogens is 1. The van der Waals surface area contributed by atoms with Crippen LogP contribution in [0.25, 0.3) is 10.9 Å². The number of aromatic amines is 1. The Hall–Kier alpha value is -2.28. The van der Waals surface area contributed by atoms with E-state index in [0.29, 0.717) is 16.8 Å². The molecule has 0 bridgehead atoms. The molecular formula is C11H8N2O2. The summed E-state index contributed by atoms with van der Waals surface area (Å²) in [7, 11) is 0. The van der Waals surface area contributed by atoms with Crippen molar-refractivity contribution in [2.75, 3.05) is 0 Å². The van der Waals surface area contributed by atoms with Crippen LogP contribution in [0, 0.1) is 12.3 Å². The van der Waals surface area contributed by atoms with Crippen LogP contribution in [0.15, 0.2) is 18.2 Å². The molecule has 0 unspecified atom stereocenters. The number of benzene rings is 1. The van der Waals surface area contributed by atoms with E-state index >= 15 is 0 Å². The standard InChI is InChI=1S/C11H8N2O2/c1-2-7-4-3-5-8-9(6-10(14)15)12-13-11(7)8/h1,3-5H,6H2,(H,12,13)(H,14,15). The molecule has 0 saturated heterocycles. The van der Waals surface area contributed by atoms with E-state index in [-0.39, 0.29) is 6.42 Å². The molecule has 15 heavy (non-hydrogen) atoms. The second-order valence-electron chi connectivity index (χ2n) is 3.12. The molecule has 0 atom stereocenters. The summed E-state index contributed by atoms with van der Waals surface area (Å²) in [5, 5.41) is 16.2. The van der Waals surface area contributed by atoms with Crippen molar-refractivity contribution in [2.45, 2.75) is 6.42 Å². The molecule has 0 aliphatic rings. The lowest BCUT2D eigenvalue weighted by molar-refractivity contribution is -0.136. The fourth-order valence-corrected chi connectivity index (χ4v) is 1.49. The van der Waals surface area contributed by atoms with Gasteiger partial charge in [-0.25, -0.2) is 0 Å². The number of para-hydroxylation sites is 1. The Kier molecular flexibility index (Phi) is 2.14. The fourth-order valence-electron chi connectivity index (χ4n) is 1.49. The van der Waals surface area contributed by atoms with E-state index < -0.39 is 5.97 Å². The monoisotopic (exact) mass is 200 g/mol. The topological polar surface area (TPSA) is 66.0 Å². The number of hydrogen-bond acceptors (Lipinski definition) is 2. The molecule has 74 valence electrons. The molecule has 4 nitrogen and oxygen atoms in total. The van der Waals surface area contributed by atoms with E-state index in [1.54, 1.807) is 18.2 Å². The van der Waals surface area contributed by atoms with Crippen molar-refractivity contribution in [2.24, 2.45) is 0 Å². The van der Waals surface area contributed by atoms with Crippen molar-refractivity contribution in [1.29, 1.82) is 0 Å². The molecule has 0 spiro atoms. The van der Waals surface area contributed by atoms with E-state index in [2.05, 4.69) is 16.1 Å². The summed E-state index contributed by atoms with van der Waals surface area (Å²) >= 11 is 0. The van der Waals surface area contributed by atoms with E-state index in [0.717, 1.165) is 5.39 Å². The average molecular weight is 200 g/mol. The number of carboxylic acids is 1. The Labute approximate surface area is 85.9 Å². The predicted molar refractivity (Wildman–Crippen MR) is 55.4 cm³/mol. The fraction of sp³-hybridized carbons (Fsp3) is 0.0909. The van der Waals surface area contributed by atoms with Gasteiger partial charge in [0.1, 0.15) is 5.52 Å². The molecule has 0 amide bonds. The molecule has 0 radical (unpaired) electrons. The molecule has 0 aliphatic heterocycles. The predicted octanol–water partition coefficient (Wildman–Crippen LogP) is 1.17. The maximum atomic E-state index is 10.6. The summed E-state index contributed by atoms with van der Waals surface area (Å²) in [4.78, 5) is 10.6. The molecule has 1 heterocycles.